The summed E-state index contributed by atoms with van der Waals surface area (Å²) in [6, 6.07) is -0.0617. The van der Waals surface area contributed by atoms with Gasteiger partial charge in [-0.1, -0.05) is 0 Å². The highest BCUT2D eigenvalue weighted by Gasteiger charge is 2.26. The molecule has 1 atom stereocenters. The van der Waals surface area contributed by atoms with Gasteiger partial charge in [0.25, 0.3) is 0 Å². The van der Waals surface area contributed by atoms with E-state index >= 15 is 0 Å². The number of hydrogen-bond donors (Lipinski definition) is 2. The molecule has 88 valence electrons. The average Bonchev–Trinajstić information content (AvgIpc) is 2.76. The Kier molecular flexibility index (Phi) is 5.60. The predicted octanol–water partition coefficient (Wildman–Crippen LogP) is -0.794. The number of carbonyl (C=O) groups is 1. The molecule has 5 nitrogen and oxygen atoms in total. The second kappa shape index (κ2) is 6.76. The fourth-order valence-electron chi connectivity index (χ4n) is 1.77. The van der Waals surface area contributed by atoms with E-state index in [-0.39, 0.29) is 18.6 Å². The second-order valence-electron chi connectivity index (χ2n) is 3.69. The molecule has 0 bridgehead atoms. The molecule has 1 aliphatic heterocycles. The van der Waals surface area contributed by atoms with Crippen LogP contribution in [0.1, 0.15) is 12.8 Å². The highest BCUT2D eigenvalue weighted by atomic mass is 16.5. The molecule has 0 spiro atoms. The van der Waals surface area contributed by atoms with Crippen LogP contribution in [0.2, 0.25) is 0 Å². The third-order valence-electron chi connectivity index (χ3n) is 2.61. The summed E-state index contributed by atoms with van der Waals surface area (Å²) in [7, 11) is 1.61. The van der Waals surface area contributed by atoms with E-state index in [1.165, 1.54) is 0 Å². The molecule has 5 heteroatoms. The zero-order chi connectivity index (χ0) is 11.1. The normalized spacial score (nSPS) is 20.5. The molecule has 0 aromatic carbocycles. The summed E-state index contributed by atoms with van der Waals surface area (Å²) in [5.41, 5.74) is 0. The van der Waals surface area contributed by atoms with Crippen LogP contribution in [0.15, 0.2) is 0 Å². The van der Waals surface area contributed by atoms with Gasteiger partial charge in [-0.2, -0.15) is 0 Å². The molecular formula is C10H20N2O3. The molecule has 15 heavy (non-hydrogen) atoms. The molecule has 0 radical (unpaired) electrons. The summed E-state index contributed by atoms with van der Waals surface area (Å²) in [5.74, 6) is 0.0820. The van der Waals surface area contributed by atoms with Crippen LogP contribution >= 0.6 is 0 Å². The Balaban J connectivity index is 2.41. The maximum Gasteiger partial charge on any atom is 0.239 e. The molecule has 0 saturated carbocycles. The van der Waals surface area contributed by atoms with Crippen molar-refractivity contribution in [3.63, 3.8) is 0 Å². The number of hydrogen-bond acceptors (Lipinski definition) is 4. The molecule has 1 aliphatic rings. The molecule has 2 N–H and O–H groups in total. The van der Waals surface area contributed by atoms with Crippen LogP contribution in [0.3, 0.4) is 0 Å². The van der Waals surface area contributed by atoms with E-state index in [0.717, 1.165) is 19.4 Å². The molecule has 0 aromatic heterocycles. The smallest absolute Gasteiger partial charge is 0.239 e. The number of amides is 1. The van der Waals surface area contributed by atoms with Crippen LogP contribution in [0, 0.1) is 0 Å². The summed E-state index contributed by atoms with van der Waals surface area (Å²) in [4.78, 5) is 13.6. The number of aliphatic hydroxyl groups is 1. The number of carbonyl (C=O) groups excluding carboxylic acids is 1. The van der Waals surface area contributed by atoms with E-state index in [1.54, 1.807) is 12.0 Å². The minimum absolute atomic E-state index is 0.00216. The Hall–Kier alpha value is -0.650. The Bertz CT molecular complexity index is 193. The highest BCUT2D eigenvalue weighted by Crippen LogP contribution is 2.08. The molecule has 1 heterocycles. The monoisotopic (exact) mass is 216 g/mol. The molecule has 0 aliphatic carbocycles. The number of methoxy groups -OCH3 is 1. The molecule has 1 saturated heterocycles. The van der Waals surface area contributed by atoms with Crippen LogP contribution in [0.25, 0.3) is 0 Å². The fraction of sp³-hybridized carbons (Fsp3) is 0.900. The Morgan fingerprint density at radius 1 is 1.60 bits per heavy atom. The predicted molar refractivity (Wildman–Crippen MR) is 56.6 cm³/mol. The maximum absolute atomic E-state index is 11.9. The van der Waals surface area contributed by atoms with Gasteiger partial charge in [-0.05, 0) is 19.4 Å². The molecule has 1 rings (SSSR count). The van der Waals surface area contributed by atoms with Gasteiger partial charge >= 0.3 is 0 Å². The summed E-state index contributed by atoms with van der Waals surface area (Å²) in [6.07, 6.45) is 1.95. The van der Waals surface area contributed by atoms with Crippen molar-refractivity contribution in [3.05, 3.63) is 0 Å². The number of rotatable bonds is 6. The van der Waals surface area contributed by atoms with E-state index in [1.807, 2.05) is 0 Å². The lowest BCUT2D eigenvalue weighted by molar-refractivity contribution is -0.134. The van der Waals surface area contributed by atoms with Crippen LogP contribution < -0.4 is 5.32 Å². The van der Waals surface area contributed by atoms with E-state index in [0.29, 0.717) is 19.7 Å². The van der Waals surface area contributed by atoms with Gasteiger partial charge in [0.05, 0.1) is 19.3 Å². The zero-order valence-electron chi connectivity index (χ0n) is 9.24. The van der Waals surface area contributed by atoms with Crippen molar-refractivity contribution in [3.8, 4) is 0 Å². The standard InChI is InChI=1S/C10H20N2O3/c1-15-8-6-12(5-7-13)10(14)9-3-2-4-11-9/h9,11,13H,2-8H2,1H3. The third kappa shape index (κ3) is 3.77. The second-order valence-corrected chi connectivity index (χ2v) is 3.69. The number of ether oxygens (including phenoxy) is 1. The van der Waals surface area contributed by atoms with Gasteiger partial charge in [0.1, 0.15) is 0 Å². The average molecular weight is 216 g/mol. The van der Waals surface area contributed by atoms with E-state index in [4.69, 9.17) is 9.84 Å². The van der Waals surface area contributed by atoms with Gasteiger partial charge in [0, 0.05) is 20.2 Å². The first-order valence-electron chi connectivity index (χ1n) is 5.41. The molecule has 1 amide bonds. The first-order valence-corrected chi connectivity index (χ1v) is 5.41. The van der Waals surface area contributed by atoms with E-state index < -0.39 is 0 Å². The van der Waals surface area contributed by atoms with Crippen molar-refractivity contribution >= 4 is 5.91 Å². The molecular weight excluding hydrogens is 196 g/mol. The SMILES string of the molecule is COCCN(CCO)C(=O)C1CCCN1. The molecule has 1 fully saturated rings. The van der Waals surface area contributed by atoms with Gasteiger partial charge in [0.2, 0.25) is 5.91 Å². The summed E-state index contributed by atoms with van der Waals surface area (Å²) >= 11 is 0. The van der Waals surface area contributed by atoms with E-state index in [2.05, 4.69) is 5.32 Å². The van der Waals surface area contributed by atoms with Gasteiger partial charge in [0.15, 0.2) is 0 Å². The van der Waals surface area contributed by atoms with E-state index in [9.17, 15) is 4.79 Å². The molecule has 0 aromatic rings. The quantitative estimate of drug-likeness (QED) is 0.610. The Morgan fingerprint density at radius 2 is 2.40 bits per heavy atom. The van der Waals surface area contributed by atoms with Crippen molar-refractivity contribution in [1.82, 2.24) is 10.2 Å². The summed E-state index contributed by atoms with van der Waals surface area (Å²) in [5, 5.41) is 12.0. The van der Waals surface area contributed by atoms with Gasteiger partial charge < -0.3 is 20.1 Å². The van der Waals surface area contributed by atoms with Gasteiger partial charge in [-0.3, -0.25) is 4.79 Å². The fourth-order valence-corrected chi connectivity index (χ4v) is 1.77. The van der Waals surface area contributed by atoms with Crippen molar-refractivity contribution in [2.75, 3.05) is 40.0 Å². The lowest BCUT2D eigenvalue weighted by Crippen LogP contribution is -2.46. The third-order valence-corrected chi connectivity index (χ3v) is 2.61. The van der Waals surface area contributed by atoms with Gasteiger partial charge in [-0.25, -0.2) is 0 Å². The Labute approximate surface area is 90.4 Å². The van der Waals surface area contributed by atoms with Crippen LogP contribution in [-0.4, -0.2) is 61.9 Å². The van der Waals surface area contributed by atoms with Crippen molar-refractivity contribution < 1.29 is 14.6 Å². The topological polar surface area (TPSA) is 61.8 Å². The lowest BCUT2D eigenvalue weighted by Gasteiger charge is -2.24. The number of nitrogens with zero attached hydrogens (tertiary/aromatic N) is 1. The van der Waals surface area contributed by atoms with Crippen molar-refractivity contribution in [1.29, 1.82) is 0 Å². The van der Waals surface area contributed by atoms with Crippen molar-refractivity contribution in [2.45, 2.75) is 18.9 Å². The highest BCUT2D eigenvalue weighted by molar-refractivity contribution is 5.82. The first kappa shape index (κ1) is 12.4. The number of nitrogens with one attached hydrogen (secondary N) is 1. The summed E-state index contributed by atoms with van der Waals surface area (Å²) < 4.78 is 4.94. The van der Waals surface area contributed by atoms with Crippen LogP contribution in [0.5, 0.6) is 0 Å². The maximum atomic E-state index is 11.9. The zero-order valence-corrected chi connectivity index (χ0v) is 9.24. The molecule has 1 unspecified atom stereocenters. The Morgan fingerprint density at radius 3 is 2.93 bits per heavy atom. The van der Waals surface area contributed by atoms with Crippen LogP contribution in [-0.2, 0) is 9.53 Å². The largest absolute Gasteiger partial charge is 0.395 e. The summed E-state index contributed by atoms with van der Waals surface area (Å²) in [6.45, 7) is 2.36. The van der Waals surface area contributed by atoms with Crippen LogP contribution in [0.4, 0.5) is 0 Å². The van der Waals surface area contributed by atoms with Crippen molar-refractivity contribution in [2.24, 2.45) is 0 Å². The first-order chi connectivity index (χ1) is 7.29. The number of aliphatic hydroxyl groups excluding tert-OH is 1. The minimum atomic E-state index is -0.0617. The lowest BCUT2D eigenvalue weighted by atomic mass is 10.2. The van der Waals surface area contributed by atoms with Gasteiger partial charge in [-0.15, -0.1) is 0 Å². The minimum Gasteiger partial charge on any atom is -0.395 e.